The molecule has 0 saturated heterocycles. The Kier molecular flexibility index (Phi) is 15.8. The van der Waals surface area contributed by atoms with Crippen molar-refractivity contribution in [2.24, 2.45) is 0 Å². The van der Waals surface area contributed by atoms with E-state index in [9.17, 15) is 8.42 Å². The molecule has 4 aromatic carbocycles. The fourth-order valence-corrected chi connectivity index (χ4v) is 5.35. The van der Waals surface area contributed by atoms with Crippen LogP contribution in [0.2, 0.25) is 0 Å². The van der Waals surface area contributed by atoms with Crippen molar-refractivity contribution in [3.05, 3.63) is 145 Å². The number of hydrogen-bond donors (Lipinski definition) is 0. The second-order valence-corrected chi connectivity index (χ2v) is 11.3. The molecule has 1 heterocycles. The van der Waals surface area contributed by atoms with Gasteiger partial charge in [-0.15, -0.1) is 24.3 Å². The van der Waals surface area contributed by atoms with Crippen LogP contribution in [0.25, 0.3) is 16.4 Å². The van der Waals surface area contributed by atoms with E-state index in [0.29, 0.717) is 4.90 Å². The average molecular weight is 827 g/mol. The van der Waals surface area contributed by atoms with Gasteiger partial charge in [0.05, 0.1) is 4.90 Å². The summed E-state index contributed by atoms with van der Waals surface area (Å²) in [6, 6.07) is 33.8. The molecule has 0 atom stereocenters. The number of fused-ring (bicyclic) bond motifs is 1. The van der Waals surface area contributed by atoms with Gasteiger partial charge in [-0.3, -0.25) is 0 Å². The van der Waals surface area contributed by atoms with Gasteiger partial charge in [0.25, 0.3) is 0 Å². The van der Waals surface area contributed by atoms with Gasteiger partial charge >= 0.3 is 77.0 Å². The van der Waals surface area contributed by atoms with Crippen molar-refractivity contribution in [3.8, 4) is 11.1 Å². The molecule has 0 bridgehead atoms. The van der Waals surface area contributed by atoms with Crippen LogP contribution in [0.15, 0.2) is 102 Å². The molecule has 1 aliphatic heterocycles. The van der Waals surface area contributed by atoms with Crippen molar-refractivity contribution in [2.75, 3.05) is 12.8 Å². The Morgan fingerprint density at radius 2 is 1.41 bits per heavy atom. The Balaban J connectivity index is 0.000000295. The quantitative estimate of drug-likeness (QED) is 0.225. The first kappa shape index (κ1) is 34.3. The van der Waals surface area contributed by atoms with Gasteiger partial charge in [0.2, 0.25) is 0 Å². The van der Waals surface area contributed by atoms with Gasteiger partial charge in [-0.05, 0) is 17.2 Å². The van der Waals surface area contributed by atoms with Gasteiger partial charge in [0, 0.05) is 71.7 Å². The third-order valence-corrected chi connectivity index (χ3v) is 7.54. The smallest absolute Gasteiger partial charge is 0 e. The maximum Gasteiger partial charge on any atom is 0 e. The minimum Gasteiger partial charge on any atom is 0 e. The summed E-state index contributed by atoms with van der Waals surface area (Å²) in [5.41, 5.74) is 6.25. The van der Waals surface area contributed by atoms with Crippen molar-refractivity contribution in [3.63, 3.8) is 0 Å². The molecule has 1 aliphatic rings. The van der Waals surface area contributed by atoms with E-state index in [4.69, 9.17) is 0 Å². The Morgan fingerprint density at radius 1 is 0.811 bits per heavy atom. The maximum absolute atomic E-state index is 11.7. The molecule has 0 aliphatic carbocycles. The minimum atomic E-state index is -3.21. The molecule has 0 saturated carbocycles. The Bertz CT molecular complexity index is 1380. The molecule has 0 amide bonds. The molecule has 7 heteroatoms. The first-order valence-corrected chi connectivity index (χ1v) is 14.4. The zero-order valence-electron chi connectivity index (χ0n) is 20.8. The summed E-state index contributed by atoms with van der Waals surface area (Å²) in [5, 5.41) is 4.39. The van der Waals surface area contributed by atoms with Crippen molar-refractivity contribution in [2.45, 2.75) is 11.3 Å². The number of sulfone groups is 1. The number of rotatable bonds is 2. The second-order valence-electron chi connectivity index (χ2n) is 7.96. The molecule has 2 radical (unpaired) electrons. The van der Waals surface area contributed by atoms with E-state index in [2.05, 4.69) is 31.3 Å². The maximum atomic E-state index is 11.7. The third-order valence-electron chi connectivity index (χ3n) is 5.19. The van der Waals surface area contributed by atoms with E-state index in [1.54, 1.807) is 12.1 Å². The monoisotopic (exact) mass is 827 g/mol. The van der Waals surface area contributed by atoms with Crippen LogP contribution in [-0.4, -0.2) is 25.2 Å². The Morgan fingerprint density at radius 3 is 1.97 bits per heavy atom. The zero-order valence-corrected chi connectivity index (χ0v) is 30.2. The van der Waals surface area contributed by atoms with Crippen LogP contribution >= 0.6 is 0 Å². The molecule has 0 aromatic heterocycles. The SMILES string of the molecule is [CH2-]c1ccc(-c2ccccc2S(C)(=O)=O)cc1.[CH2-]c1ccccc1.[W]=[C]1[N-]CCc2ccc[c-]c21.[Y].[Y]. The van der Waals surface area contributed by atoms with E-state index in [1.807, 2.05) is 78.9 Å². The molecule has 0 N–H and O–H groups in total. The molecule has 4 aromatic rings. The molecule has 5 rings (SSSR count). The summed E-state index contributed by atoms with van der Waals surface area (Å²) in [5.74, 6) is 0. The average Bonchev–Trinajstić information content (AvgIpc) is 2.86. The van der Waals surface area contributed by atoms with Crippen molar-refractivity contribution >= 4 is 13.9 Å². The largest absolute Gasteiger partial charge is 0 e. The summed E-state index contributed by atoms with van der Waals surface area (Å²) in [6.07, 6.45) is 2.31. The van der Waals surface area contributed by atoms with Crippen LogP contribution < -0.4 is 0 Å². The summed E-state index contributed by atoms with van der Waals surface area (Å²) >= 11 is 1.45. The predicted molar refractivity (Wildman–Crippen MR) is 142 cm³/mol. The number of hydrogen-bond acceptors (Lipinski definition) is 2. The summed E-state index contributed by atoms with van der Waals surface area (Å²) < 4.78 is 24.6. The molecular formula is C30H27NO2SWY2-4. The van der Waals surface area contributed by atoms with Crippen molar-refractivity contribution < 1.29 is 93.2 Å². The van der Waals surface area contributed by atoms with Crippen LogP contribution in [0.5, 0.6) is 0 Å². The minimum absolute atomic E-state index is 0. The summed E-state index contributed by atoms with van der Waals surface area (Å²) in [6.45, 7) is 8.49. The van der Waals surface area contributed by atoms with E-state index >= 15 is 0 Å². The van der Waals surface area contributed by atoms with Gasteiger partial charge in [0.15, 0.2) is 9.84 Å². The van der Waals surface area contributed by atoms with Gasteiger partial charge < -0.3 is 0 Å². The number of nitrogens with zero attached hydrogens (tertiary/aromatic N) is 1. The van der Waals surface area contributed by atoms with E-state index in [0.717, 1.165) is 35.2 Å². The van der Waals surface area contributed by atoms with E-state index in [1.165, 1.54) is 40.8 Å². The van der Waals surface area contributed by atoms with Crippen LogP contribution in [0.3, 0.4) is 0 Å². The molecule has 3 nitrogen and oxygen atoms in total. The number of benzene rings is 4. The van der Waals surface area contributed by atoms with E-state index < -0.39 is 9.84 Å². The van der Waals surface area contributed by atoms with Gasteiger partial charge in [-0.25, -0.2) is 8.42 Å². The molecular weight excluding hydrogens is 800 g/mol. The Labute approximate surface area is 283 Å². The molecule has 0 fully saturated rings. The fourth-order valence-electron chi connectivity index (χ4n) is 3.43. The van der Waals surface area contributed by atoms with Crippen molar-refractivity contribution in [1.29, 1.82) is 0 Å². The van der Waals surface area contributed by atoms with Crippen LogP contribution in [0.4, 0.5) is 0 Å². The van der Waals surface area contributed by atoms with Gasteiger partial charge in [0.1, 0.15) is 0 Å². The van der Waals surface area contributed by atoms with Crippen LogP contribution in [-0.2, 0) is 101 Å². The van der Waals surface area contributed by atoms with Gasteiger partial charge in [-0.1, -0.05) is 24.3 Å². The first-order valence-electron chi connectivity index (χ1n) is 11.1. The topological polar surface area (TPSA) is 48.2 Å². The first-order chi connectivity index (χ1) is 16.8. The predicted octanol–water partition coefficient (Wildman–Crippen LogP) is 6.24. The van der Waals surface area contributed by atoms with Crippen LogP contribution in [0.1, 0.15) is 22.3 Å². The Hall–Kier alpha value is -0.704. The normalized spacial score (nSPS) is 11.6. The van der Waals surface area contributed by atoms with E-state index in [-0.39, 0.29) is 65.4 Å². The fraction of sp³-hybridized carbons (Fsp3) is 0.100. The molecule has 186 valence electrons. The second kappa shape index (κ2) is 17.1. The zero-order chi connectivity index (χ0) is 25.3. The summed E-state index contributed by atoms with van der Waals surface area (Å²) in [4.78, 5) is 0.358. The van der Waals surface area contributed by atoms with Crippen molar-refractivity contribution in [1.82, 2.24) is 0 Å². The standard InChI is InChI=1S/C14H13O2S.C9H7N.C7H7.W.2Y/c1-11-7-9-12(10-8-11)13-5-3-4-6-14(13)17(2,15)16;1-2-4-9-7-10-6-5-8(9)3-1;1-7-5-3-2-4-6-7;;;/h3-10H,1H2,2H3;1-3H,5-6H2;2-6H,1H2;;;/q-1;-2;-1;;;. The van der Waals surface area contributed by atoms with Crippen LogP contribution in [0, 0.1) is 19.9 Å². The third kappa shape index (κ3) is 11.1. The molecule has 0 spiro atoms. The summed E-state index contributed by atoms with van der Waals surface area (Å²) in [7, 11) is -3.21. The molecule has 0 unspecified atom stereocenters. The molecule has 37 heavy (non-hydrogen) atoms. The van der Waals surface area contributed by atoms with Gasteiger partial charge in [-0.2, -0.15) is 49.2 Å².